The number of terminal acetylenes is 1. The maximum atomic E-state index is 14.1. The minimum absolute atomic E-state index is 0.0303. The summed E-state index contributed by atoms with van der Waals surface area (Å²) in [7, 11) is 0. The van der Waals surface area contributed by atoms with E-state index in [0.29, 0.717) is 11.4 Å². The van der Waals surface area contributed by atoms with Crippen molar-refractivity contribution in [3.63, 3.8) is 0 Å². The van der Waals surface area contributed by atoms with Crippen LogP contribution in [0.2, 0.25) is 0 Å². The van der Waals surface area contributed by atoms with Crippen molar-refractivity contribution in [1.29, 1.82) is 5.26 Å². The average molecular weight is 337 g/mol. The van der Waals surface area contributed by atoms with Crippen LogP contribution in [0.5, 0.6) is 5.88 Å². The molecular weight excluding hydrogens is 321 g/mol. The van der Waals surface area contributed by atoms with E-state index < -0.39 is 5.82 Å². The lowest BCUT2D eigenvalue weighted by Crippen LogP contribution is -2.34. The third-order valence-electron chi connectivity index (χ3n) is 3.87. The van der Waals surface area contributed by atoms with Gasteiger partial charge in [-0.15, -0.1) is 6.42 Å². The second-order valence-corrected chi connectivity index (χ2v) is 5.55. The number of hydrogen-bond acceptors (Lipinski definition) is 6. The summed E-state index contributed by atoms with van der Waals surface area (Å²) in [6.45, 7) is 1.76. The van der Waals surface area contributed by atoms with E-state index in [9.17, 15) is 4.39 Å². The Morgan fingerprint density at radius 3 is 2.80 bits per heavy atom. The van der Waals surface area contributed by atoms with Gasteiger partial charge in [0.2, 0.25) is 5.88 Å². The Balaban J connectivity index is 1.85. The molecule has 2 heterocycles. The highest BCUT2D eigenvalue weighted by atomic mass is 19.1. The molecule has 0 spiro atoms. The number of halogens is 1. The van der Waals surface area contributed by atoms with Gasteiger partial charge < -0.3 is 15.4 Å². The Labute approximate surface area is 145 Å². The summed E-state index contributed by atoms with van der Waals surface area (Å²) in [5.41, 5.74) is 0.740. The normalized spacial score (nSPS) is 14.4. The highest BCUT2D eigenvalue weighted by Crippen LogP contribution is 2.27. The van der Waals surface area contributed by atoms with Crippen LogP contribution in [0.3, 0.4) is 0 Å². The number of piperidine rings is 1. The van der Waals surface area contributed by atoms with E-state index in [2.05, 4.69) is 26.5 Å². The van der Waals surface area contributed by atoms with Crippen LogP contribution in [0.15, 0.2) is 24.5 Å². The average Bonchev–Trinajstić information content (AvgIpc) is 2.64. The van der Waals surface area contributed by atoms with E-state index in [4.69, 9.17) is 16.4 Å². The summed E-state index contributed by atoms with van der Waals surface area (Å²) in [5.74, 6) is 2.53. The number of hydrogen-bond donors (Lipinski definition) is 2. The molecule has 2 N–H and O–H groups in total. The summed E-state index contributed by atoms with van der Waals surface area (Å²) in [6.07, 6.45) is 8.67. The molecule has 7 heteroatoms. The summed E-state index contributed by atoms with van der Waals surface area (Å²) >= 11 is 0. The molecule has 1 saturated heterocycles. The molecule has 2 aromatic rings. The Kier molecular flexibility index (Phi) is 5.08. The molecule has 0 saturated carbocycles. The molecule has 1 aliphatic heterocycles. The maximum absolute atomic E-state index is 14.1. The first-order chi connectivity index (χ1) is 12.2. The molecule has 0 radical (unpaired) electrons. The van der Waals surface area contributed by atoms with Gasteiger partial charge in [-0.3, -0.25) is 0 Å². The molecule has 1 aliphatic rings. The van der Waals surface area contributed by atoms with Crippen LogP contribution < -0.4 is 15.4 Å². The minimum atomic E-state index is -0.568. The number of anilines is 2. The number of ether oxygens (including phenoxy) is 1. The number of aromatic nitrogens is 2. The third-order valence-corrected chi connectivity index (χ3v) is 3.87. The predicted molar refractivity (Wildman–Crippen MR) is 90.9 cm³/mol. The highest BCUT2D eigenvalue weighted by Gasteiger charge is 2.19. The van der Waals surface area contributed by atoms with Gasteiger partial charge in [0.05, 0.1) is 17.3 Å². The summed E-state index contributed by atoms with van der Waals surface area (Å²) < 4.78 is 20.0. The lowest BCUT2D eigenvalue weighted by Gasteiger charge is -2.24. The summed E-state index contributed by atoms with van der Waals surface area (Å²) in [6, 6.07) is 6.00. The predicted octanol–water partition coefficient (Wildman–Crippen LogP) is 2.34. The molecule has 6 nitrogen and oxygen atoms in total. The molecule has 25 heavy (non-hydrogen) atoms. The zero-order valence-electron chi connectivity index (χ0n) is 13.4. The molecular formula is C18H16FN5O. The van der Waals surface area contributed by atoms with Crippen molar-refractivity contribution in [2.45, 2.75) is 18.9 Å². The first kappa shape index (κ1) is 16.7. The topological polar surface area (TPSA) is 82.9 Å². The zero-order chi connectivity index (χ0) is 17.6. The zero-order valence-corrected chi connectivity index (χ0v) is 13.4. The van der Waals surface area contributed by atoms with Crippen molar-refractivity contribution >= 4 is 11.5 Å². The van der Waals surface area contributed by atoms with Crippen LogP contribution in [0.4, 0.5) is 15.9 Å². The molecule has 0 bridgehead atoms. The van der Waals surface area contributed by atoms with E-state index in [0.717, 1.165) is 32.0 Å². The quantitative estimate of drug-likeness (QED) is 0.833. The Morgan fingerprint density at radius 1 is 1.32 bits per heavy atom. The first-order valence-electron chi connectivity index (χ1n) is 7.87. The molecule has 1 aromatic carbocycles. The minimum Gasteiger partial charge on any atom is -0.473 e. The van der Waals surface area contributed by atoms with Gasteiger partial charge in [-0.1, -0.05) is 5.92 Å². The molecule has 1 aromatic heterocycles. The van der Waals surface area contributed by atoms with Gasteiger partial charge in [0.25, 0.3) is 0 Å². The van der Waals surface area contributed by atoms with E-state index >= 15 is 0 Å². The molecule has 3 rings (SSSR count). The molecule has 1 fully saturated rings. The lowest BCUT2D eigenvalue weighted by molar-refractivity contribution is 0.155. The van der Waals surface area contributed by atoms with Crippen LogP contribution >= 0.6 is 0 Å². The van der Waals surface area contributed by atoms with E-state index in [-0.39, 0.29) is 23.2 Å². The number of nitrogens with one attached hydrogen (secondary N) is 2. The Hall–Kier alpha value is -3.16. The van der Waals surface area contributed by atoms with Crippen LogP contribution in [-0.4, -0.2) is 29.2 Å². The van der Waals surface area contributed by atoms with Crippen LogP contribution in [0.25, 0.3) is 0 Å². The second-order valence-electron chi connectivity index (χ2n) is 5.55. The lowest BCUT2D eigenvalue weighted by atomic mass is 10.1. The van der Waals surface area contributed by atoms with Crippen molar-refractivity contribution in [2.75, 3.05) is 18.4 Å². The number of nitriles is 1. The van der Waals surface area contributed by atoms with Gasteiger partial charge in [0.15, 0.2) is 5.82 Å². The van der Waals surface area contributed by atoms with Gasteiger partial charge in [-0.05, 0) is 44.1 Å². The van der Waals surface area contributed by atoms with Gasteiger partial charge >= 0.3 is 0 Å². The van der Waals surface area contributed by atoms with Crippen molar-refractivity contribution in [3.8, 4) is 24.3 Å². The Morgan fingerprint density at radius 2 is 2.12 bits per heavy atom. The summed E-state index contributed by atoms with van der Waals surface area (Å²) in [5, 5.41) is 14.9. The standard InChI is InChI=1S/C18H16FN5O/c1-2-14-17(24-16-4-3-12(10-20)9-15(16)19)22-11-23-18(14)25-13-5-7-21-8-6-13/h1,3-4,9,11,13,21H,5-8H2,(H,22,23,24). The fourth-order valence-electron chi connectivity index (χ4n) is 2.57. The largest absolute Gasteiger partial charge is 0.473 e. The third kappa shape index (κ3) is 3.85. The van der Waals surface area contributed by atoms with E-state index in [1.807, 2.05) is 6.07 Å². The second kappa shape index (κ2) is 7.61. The van der Waals surface area contributed by atoms with Crippen molar-refractivity contribution < 1.29 is 9.13 Å². The van der Waals surface area contributed by atoms with Crippen molar-refractivity contribution in [1.82, 2.24) is 15.3 Å². The molecule has 0 unspecified atom stereocenters. The summed E-state index contributed by atoms with van der Waals surface area (Å²) in [4.78, 5) is 8.22. The molecule has 126 valence electrons. The monoisotopic (exact) mass is 337 g/mol. The molecule has 0 atom stereocenters. The van der Waals surface area contributed by atoms with E-state index in [1.165, 1.54) is 18.5 Å². The molecule has 0 amide bonds. The molecule has 0 aliphatic carbocycles. The smallest absolute Gasteiger partial charge is 0.235 e. The van der Waals surface area contributed by atoms with Crippen LogP contribution in [0.1, 0.15) is 24.0 Å². The first-order valence-corrected chi connectivity index (χ1v) is 7.87. The van der Waals surface area contributed by atoms with Crippen LogP contribution in [0, 0.1) is 29.5 Å². The van der Waals surface area contributed by atoms with Gasteiger partial charge in [0.1, 0.15) is 23.8 Å². The number of benzene rings is 1. The van der Waals surface area contributed by atoms with Crippen molar-refractivity contribution in [3.05, 3.63) is 41.5 Å². The van der Waals surface area contributed by atoms with E-state index in [1.54, 1.807) is 0 Å². The van der Waals surface area contributed by atoms with Gasteiger partial charge in [-0.2, -0.15) is 5.26 Å². The van der Waals surface area contributed by atoms with Crippen LogP contribution in [-0.2, 0) is 0 Å². The van der Waals surface area contributed by atoms with Gasteiger partial charge in [-0.25, -0.2) is 14.4 Å². The van der Waals surface area contributed by atoms with Gasteiger partial charge in [0, 0.05) is 0 Å². The number of rotatable bonds is 4. The maximum Gasteiger partial charge on any atom is 0.235 e. The fourth-order valence-corrected chi connectivity index (χ4v) is 2.57. The Bertz CT molecular complexity index is 850. The number of nitrogens with zero attached hydrogens (tertiary/aromatic N) is 3. The highest BCUT2D eigenvalue weighted by molar-refractivity contribution is 5.66. The SMILES string of the molecule is C#Cc1c(Nc2ccc(C#N)cc2F)ncnc1OC1CCNCC1. The van der Waals surface area contributed by atoms with Crippen molar-refractivity contribution in [2.24, 2.45) is 0 Å². The fraction of sp³-hybridized carbons (Fsp3) is 0.278.